The van der Waals surface area contributed by atoms with Crippen LogP contribution in [0.5, 0.6) is 0 Å². The van der Waals surface area contributed by atoms with E-state index in [4.69, 9.17) is 14.2 Å². The fourth-order valence-corrected chi connectivity index (χ4v) is 7.43. The van der Waals surface area contributed by atoms with Gasteiger partial charge < -0.3 is 40.8 Å². The highest BCUT2D eigenvalue weighted by molar-refractivity contribution is 5.99. The van der Waals surface area contributed by atoms with Crippen LogP contribution in [0, 0.1) is 11.8 Å². The monoisotopic (exact) mass is 932 g/mol. The molecule has 2 heterocycles. The Labute approximate surface area is 393 Å². The summed E-state index contributed by atoms with van der Waals surface area (Å²) in [4.78, 5) is 98.0. The molecule has 19 heteroatoms. The molecule has 1 aliphatic heterocycles. The topological polar surface area (TPSA) is 252 Å². The quantitative estimate of drug-likeness (QED) is 0.0571. The van der Waals surface area contributed by atoms with Crippen LogP contribution < -0.4 is 26.6 Å². The van der Waals surface area contributed by atoms with Crippen LogP contribution in [-0.4, -0.2) is 137 Å². The van der Waals surface area contributed by atoms with Crippen molar-refractivity contribution in [2.75, 3.05) is 46.0 Å². The Bertz CT molecular complexity index is 2030. The number of aromatic nitrogens is 3. The molecule has 0 saturated carbocycles. The number of hydrogen-bond donors (Lipinski definition) is 6. The zero-order valence-electron chi connectivity index (χ0n) is 39.6. The van der Waals surface area contributed by atoms with Crippen LogP contribution in [0.15, 0.2) is 66.9 Å². The van der Waals surface area contributed by atoms with Crippen molar-refractivity contribution in [2.45, 2.75) is 116 Å². The number of amides is 5. The molecule has 1 aromatic heterocycles. The zero-order chi connectivity index (χ0) is 48.8. The third-order valence-electron chi connectivity index (χ3n) is 11.2. The number of hydrogen-bond acceptors (Lipinski definition) is 13. The molecule has 366 valence electrons. The van der Waals surface area contributed by atoms with E-state index < -0.39 is 71.7 Å². The van der Waals surface area contributed by atoms with Gasteiger partial charge in [-0.25, -0.2) is 0 Å². The van der Waals surface area contributed by atoms with E-state index in [1.54, 1.807) is 19.1 Å². The maximum absolute atomic E-state index is 14.4. The average Bonchev–Trinajstić information content (AvgIpc) is 3.83. The van der Waals surface area contributed by atoms with Gasteiger partial charge in [0.25, 0.3) is 0 Å². The van der Waals surface area contributed by atoms with Crippen molar-refractivity contribution in [3.05, 3.63) is 83.7 Å². The summed E-state index contributed by atoms with van der Waals surface area (Å²) in [6.45, 7) is 12.1. The first-order chi connectivity index (χ1) is 32.0. The Kier molecular flexibility index (Phi) is 22.0. The second kappa shape index (κ2) is 27.6. The minimum absolute atomic E-state index is 0.0257. The van der Waals surface area contributed by atoms with Gasteiger partial charge in [-0.15, -0.1) is 5.10 Å². The molecule has 1 aliphatic rings. The van der Waals surface area contributed by atoms with Crippen molar-refractivity contribution in [2.24, 2.45) is 11.8 Å². The van der Waals surface area contributed by atoms with Crippen molar-refractivity contribution < 1.29 is 47.8 Å². The van der Waals surface area contributed by atoms with Gasteiger partial charge in [0.15, 0.2) is 11.4 Å². The first kappa shape index (κ1) is 53.6. The number of nitrogens with zero attached hydrogens (tertiary/aromatic N) is 3. The van der Waals surface area contributed by atoms with Crippen molar-refractivity contribution in [3.63, 3.8) is 0 Å². The van der Waals surface area contributed by atoms with Crippen LogP contribution in [0.3, 0.4) is 0 Å². The molecule has 6 N–H and O–H groups in total. The molecule has 3 aromatic rings. The summed E-state index contributed by atoms with van der Waals surface area (Å²) in [5, 5.41) is 23.8. The number of ketones is 1. The minimum atomic E-state index is -1.70. The van der Waals surface area contributed by atoms with E-state index in [0.717, 1.165) is 11.1 Å². The van der Waals surface area contributed by atoms with E-state index in [1.807, 2.05) is 81.1 Å². The maximum Gasteiger partial charge on any atom is 0.326 e. The number of rotatable bonds is 28. The molecular formula is C48H69N9O10. The molecule has 5 atom stereocenters. The summed E-state index contributed by atoms with van der Waals surface area (Å²) in [5.41, 5.74) is 0.493. The third-order valence-corrected chi connectivity index (χ3v) is 11.2. The number of ether oxygens (including phenoxy) is 3. The standard InChI is InChI=1S/C48H69N9O10/c1-7-48(6,67-43(60)28-49-42(59)31-66-30-36-27-50-56-55-36)44(61)38(24-32(2)3)52-47(64)40(26-35-16-12-9-13-17-35)54-46(63)39(25-33(4)5)53-45(62)37(19-18-34-14-10-8-11-15-34)51-41(58)29-57-20-22-65-23-21-57/h8-17,27,32-33,37-40H,7,18-26,28-31H2,1-6H3,(H,49,59)(H,51,58)(H,52,64)(H,53,62)(H,54,63)(H,50,55,56)/t37-,38-,39-,40-,48?/m0/s1. The lowest BCUT2D eigenvalue weighted by molar-refractivity contribution is -0.167. The summed E-state index contributed by atoms with van der Waals surface area (Å²) in [6, 6.07) is 14.2. The smallest absolute Gasteiger partial charge is 0.326 e. The van der Waals surface area contributed by atoms with E-state index in [-0.39, 0.29) is 69.6 Å². The number of aromatic amines is 1. The van der Waals surface area contributed by atoms with E-state index in [1.165, 1.54) is 13.1 Å². The molecule has 1 unspecified atom stereocenters. The highest BCUT2D eigenvalue weighted by Crippen LogP contribution is 2.22. The van der Waals surface area contributed by atoms with Crippen LogP contribution in [0.2, 0.25) is 0 Å². The number of nitrogens with one attached hydrogen (secondary N) is 6. The number of morpholine rings is 1. The predicted octanol–water partition coefficient (Wildman–Crippen LogP) is 1.96. The fourth-order valence-electron chi connectivity index (χ4n) is 7.43. The lowest BCUT2D eigenvalue weighted by Crippen LogP contribution is -2.60. The number of benzene rings is 2. The molecule has 19 nitrogen and oxygen atoms in total. The summed E-state index contributed by atoms with van der Waals surface area (Å²) < 4.78 is 16.4. The van der Waals surface area contributed by atoms with Crippen molar-refractivity contribution in [1.29, 1.82) is 0 Å². The Morgan fingerprint density at radius 3 is 1.96 bits per heavy atom. The Morgan fingerprint density at radius 2 is 1.34 bits per heavy atom. The molecule has 0 aliphatic carbocycles. The molecule has 2 aromatic carbocycles. The summed E-state index contributed by atoms with van der Waals surface area (Å²) in [6.07, 6.45) is 2.77. The van der Waals surface area contributed by atoms with Crippen LogP contribution in [0.4, 0.5) is 0 Å². The number of Topliss-reactive ketones (excluding diaryl/α,β-unsaturated/α-hetero) is 1. The molecular weight excluding hydrogens is 863 g/mol. The van der Waals surface area contributed by atoms with Crippen LogP contribution in [0.25, 0.3) is 0 Å². The van der Waals surface area contributed by atoms with Gasteiger partial charge in [-0.3, -0.25) is 43.6 Å². The molecule has 5 amide bonds. The molecule has 0 radical (unpaired) electrons. The van der Waals surface area contributed by atoms with Crippen LogP contribution >= 0.6 is 0 Å². The summed E-state index contributed by atoms with van der Waals surface area (Å²) in [5.74, 6) is -4.34. The van der Waals surface area contributed by atoms with Gasteiger partial charge in [-0.2, -0.15) is 0 Å². The molecule has 0 spiro atoms. The Balaban J connectivity index is 1.49. The van der Waals surface area contributed by atoms with Gasteiger partial charge in [0.05, 0.1) is 32.4 Å². The van der Waals surface area contributed by atoms with Gasteiger partial charge in [0.2, 0.25) is 29.5 Å². The first-order valence-electron chi connectivity index (χ1n) is 23.1. The van der Waals surface area contributed by atoms with Gasteiger partial charge in [0, 0.05) is 25.7 Å². The molecule has 1 fully saturated rings. The van der Waals surface area contributed by atoms with E-state index in [0.29, 0.717) is 38.4 Å². The van der Waals surface area contributed by atoms with Gasteiger partial charge in [-0.1, -0.05) is 100 Å². The van der Waals surface area contributed by atoms with Crippen LogP contribution in [-0.2, 0) is 67.2 Å². The average molecular weight is 932 g/mol. The SMILES string of the molecule is CCC(C)(OC(=O)CNC(=O)COCc1c[nH]nn1)C(=O)[C@H](CC(C)C)NC(=O)[C@H](Cc1ccccc1)NC(=O)[C@H](CC(C)C)NC(=O)[C@H](CCc1ccccc1)NC(=O)CN1CCOCC1. The number of carbonyl (C=O) groups is 7. The minimum Gasteiger partial charge on any atom is -0.450 e. The second-order valence-corrected chi connectivity index (χ2v) is 17.8. The molecule has 4 rings (SSSR count). The van der Waals surface area contributed by atoms with E-state index in [2.05, 4.69) is 42.0 Å². The highest BCUT2D eigenvalue weighted by Gasteiger charge is 2.42. The van der Waals surface area contributed by atoms with Gasteiger partial charge in [0.1, 0.15) is 37.0 Å². The number of aryl methyl sites for hydroxylation is 1. The zero-order valence-corrected chi connectivity index (χ0v) is 39.6. The van der Waals surface area contributed by atoms with Gasteiger partial charge >= 0.3 is 5.97 Å². The lowest BCUT2D eigenvalue weighted by atomic mass is 9.87. The second-order valence-electron chi connectivity index (χ2n) is 17.8. The largest absolute Gasteiger partial charge is 0.450 e. The summed E-state index contributed by atoms with van der Waals surface area (Å²) >= 11 is 0. The number of carbonyl (C=O) groups excluding carboxylic acids is 7. The van der Waals surface area contributed by atoms with E-state index >= 15 is 0 Å². The number of H-pyrrole nitrogens is 1. The third kappa shape index (κ3) is 19.0. The van der Waals surface area contributed by atoms with Crippen molar-refractivity contribution >= 4 is 41.3 Å². The first-order valence-corrected chi connectivity index (χ1v) is 23.1. The Hall–Kier alpha value is -6.05. The van der Waals surface area contributed by atoms with Crippen LogP contribution in [0.1, 0.15) is 84.0 Å². The normalized spacial score (nSPS) is 15.6. The fraction of sp³-hybridized carbons (Fsp3) is 0.562. The molecule has 67 heavy (non-hydrogen) atoms. The van der Waals surface area contributed by atoms with Crippen molar-refractivity contribution in [3.8, 4) is 0 Å². The van der Waals surface area contributed by atoms with E-state index in [9.17, 15) is 33.6 Å². The Morgan fingerprint density at radius 1 is 0.761 bits per heavy atom. The lowest BCUT2D eigenvalue weighted by Gasteiger charge is -2.33. The molecule has 0 bridgehead atoms. The van der Waals surface area contributed by atoms with Crippen molar-refractivity contribution in [1.82, 2.24) is 46.9 Å². The number of esters is 1. The predicted molar refractivity (Wildman–Crippen MR) is 248 cm³/mol. The molecule has 1 saturated heterocycles. The summed E-state index contributed by atoms with van der Waals surface area (Å²) in [7, 11) is 0. The highest BCUT2D eigenvalue weighted by atomic mass is 16.6. The van der Waals surface area contributed by atoms with Gasteiger partial charge in [-0.05, 0) is 62.0 Å². The maximum atomic E-state index is 14.4.